The third kappa shape index (κ3) is 3.81. The Morgan fingerprint density at radius 2 is 1.35 bits per heavy atom. The van der Waals surface area contributed by atoms with Crippen molar-refractivity contribution in [3.05, 3.63) is 72.8 Å². The summed E-state index contributed by atoms with van der Waals surface area (Å²) in [4.78, 5) is 0. The topological polar surface area (TPSA) is 29.5 Å². The van der Waals surface area contributed by atoms with E-state index in [0.29, 0.717) is 6.61 Å². The molecule has 0 aromatic heterocycles. The highest BCUT2D eigenvalue weighted by molar-refractivity contribution is 6.99. The third-order valence-electron chi connectivity index (χ3n) is 4.08. The summed E-state index contributed by atoms with van der Waals surface area (Å²) in [5.74, 6) is 0. The van der Waals surface area contributed by atoms with Gasteiger partial charge in [-0.2, -0.15) is 0 Å². The van der Waals surface area contributed by atoms with Crippen LogP contribution >= 0.6 is 0 Å². The number of hydrogen-bond donors (Lipinski definition) is 1. The monoisotopic (exact) mass is 326 g/mol. The molecule has 3 heteroatoms. The maximum atomic E-state index is 8.96. The molecule has 0 aliphatic heterocycles. The van der Waals surface area contributed by atoms with E-state index in [0.717, 1.165) is 0 Å². The number of benzene rings is 2. The zero-order valence-electron chi connectivity index (χ0n) is 14.2. The van der Waals surface area contributed by atoms with Gasteiger partial charge in [0.2, 0.25) is 0 Å². The Hall–Kier alpha value is -1.68. The number of hydrogen-bond acceptors (Lipinski definition) is 2. The lowest BCUT2D eigenvalue weighted by molar-refractivity contribution is 0.328. The zero-order chi connectivity index (χ0) is 16.8. The fourth-order valence-corrected chi connectivity index (χ4v) is 7.58. The second-order valence-corrected chi connectivity index (χ2v) is 10.9. The molecule has 0 aliphatic carbocycles. The van der Waals surface area contributed by atoms with Crippen molar-refractivity contribution in [3.63, 3.8) is 0 Å². The molecule has 0 aliphatic rings. The highest BCUT2D eigenvalue weighted by atomic mass is 28.4. The van der Waals surface area contributed by atoms with E-state index in [9.17, 15) is 0 Å². The van der Waals surface area contributed by atoms with Gasteiger partial charge < -0.3 is 9.53 Å². The van der Waals surface area contributed by atoms with Crippen LogP contribution in [-0.2, 0) is 4.43 Å². The highest BCUT2D eigenvalue weighted by Gasteiger charge is 2.49. The van der Waals surface area contributed by atoms with Crippen LogP contribution in [0.2, 0.25) is 5.04 Å². The van der Waals surface area contributed by atoms with Crippen molar-refractivity contribution in [3.8, 4) is 0 Å². The Morgan fingerprint density at radius 1 is 0.870 bits per heavy atom. The quantitative estimate of drug-likeness (QED) is 0.653. The minimum absolute atomic E-state index is 0.0111. The van der Waals surface area contributed by atoms with Gasteiger partial charge in [-0.1, -0.05) is 93.6 Å². The van der Waals surface area contributed by atoms with Crippen molar-refractivity contribution in [1.29, 1.82) is 0 Å². The van der Waals surface area contributed by atoms with Gasteiger partial charge in [-0.3, -0.25) is 0 Å². The molecular formula is C20H26O2Si. The van der Waals surface area contributed by atoms with E-state index in [-0.39, 0.29) is 11.6 Å². The summed E-state index contributed by atoms with van der Waals surface area (Å²) in [7, 11) is -2.43. The standard InChI is InChI=1S/C20H26O2Si/c1-20(2,3)23(22-17-11-10-16-21,18-12-6-4-7-13-18)19-14-8-5-9-15-19/h4-15,21H,16-17H2,1-3H3/b11-10-. The van der Waals surface area contributed by atoms with Crippen LogP contribution in [0.5, 0.6) is 0 Å². The minimum atomic E-state index is -2.43. The Kier molecular flexibility index (Phi) is 5.94. The first-order chi connectivity index (χ1) is 11.0. The molecule has 0 amide bonds. The molecule has 0 fully saturated rings. The molecule has 0 bridgehead atoms. The molecule has 0 heterocycles. The van der Waals surface area contributed by atoms with E-state index in [1.807, 2.05) is 18.2 Å². The van der Waals surface area contributed by atoms with Gasteiger partial charge in [0.05, 0.1) is 13.2 Å². The Labute approximate surface area is 140 Å². The largest absolute Gasteiger partial charge is 0.404 e. The molecule has 2 nitrogen and oxygen atoms in total. The molecule has 0 radical (unpaired) electrons. The van der Waals surface area contributed by atoms with Crippen molar-refractivity contribution < 1.29 is 9.53 Å². The van der Waals surface area contributed by atoms with Gasteiger partial charge in [0.15, 0.2) is 0 Å². The predicted molar refractivity (Wildman–Crippen MR) is 99.8 cm³/mol. The Morgan fingerprint density at radius 3 is 1.74 bits per heavy atom. The van der Waals surface area contributed by atoms with E-state index >= 15 is 0 Å². The molecule has 1 N–H and O–H groups in total. The summed E-state index contributed by atoms with van der Waals surface area (Å²) in [6.45, 7) is 7.33. The van der Waals surface area contributed by atoms with Gasteiger partial charge in [-0.25, -0.2) is 0 Å². The van der Waals surface area contributed by atoms with Crippen molar-refractivity contribution in [2.45, 2.75) is 25.8 Å². The summed E-state index contributed by atoms with van der Waals surface area (Å²) in [5.41, 5.74) is 0. The molecule has 23 heavy (non-hydrogen) atoms. The fraction of sp³-hybridized carbons (Fsp3) is 0.300. The van der Waals surface area contributed by atoms with Crippen molar-refractivity contribution in [1.82, 2.24) is 0 Å². The first-order valence-corrected chi connectivity index (χ1v) is 9.94. The van der Waals surface area contributed by atoms with Crippen LogP contribution in [0, 0.1) is 0 Å². The lowest BCUT2D eigenvalue weighted by Gasteiger charge is -2.42. The molecule has 0 atom stereocenters. The Balaban J connectivity index is 2.57. The summed E-state index contributed by atoms with van der Waals surface area (Å²) >= 11 is 0. The first-order valence-electron chi connectivity index (χ1n) is 8.03. The van der Waals surface area contributed by atoms with Crippen molar-refractivity contribution in [2.75, 3.05) is 13.2 Å². The van der Waals surface area contributed by atoms with E-state index in [1.165, 1.54) is 10.4 Å². The van der Waals surface area contributed by atoms with Gasteiger partial charge >= 0.3 is 0 Å². The van der Waals surface area contributed by atoms with Crippen molar-refractivity contribution >= 4 is 18.7 Å². The molecule has 0 saturated heterocycles. The van der Waals surface area contributed by atoms with Crippen LogP contribution in [-0.4, -0.2) is 26.6 Å². The van der Waals surface area contributed by atoms with E-state index < -0.39 is 8.32 Å². The summed E-state index contributed by atoms with van der Waals surface area (Å²) in [6.07, 6.45) is 3.64. The van der Waals surface area contributed by atoms with Crippen LogP contribution in [0.25, 0.3) is 0 Å². The van der Waals surface area contributed by atoms with Gasteiger partial charge in [-0.15, -0.1) is 0 Å². The van der Waals surface area contributed by atoms with Crippen LogP contribution in [0.3, 0.4) is 0 Å². The summed E-state index contributed by atoms with van der Waals surface area (Å²) in [6, 6.07) is 21.1. The molecule has 2 aromatic carbocycles. The second kappa shape index (κ2) is 7.73. The molecule has 122 valence electrons. The lowest BCUT2D eigenvalue weighted by atomic mass is 10.2. The molecule has 0 spiro atoms. The second-order valence-electron chi connectivity index (χ2n) is 6.63. The van der Waals surface area contributed by atoms with Crippen LogP contribution < -0.4 is 10.4 Å². The van der Waals surface area contributed by atoms with Gasteiger partial charge in [-0.05, 0) is 15.4 Å². The van der Waals surface area contributed by atoms with Crippen LogP contribution in [0.15, 0.2) is 72.8 Å². The Bertz CT molecular complexity index is 576. The number of rotatable bonds is 6. The highest BCUT2D eigenvalue weighted by Crippen LogP contribution is 2.36. The van der Waals surface area contributed by atoms with E-state index in [2.05, 4.69) is 69.3 Å². The smallest absolute Gasteiger partial charge is 0.261 e. The average Bonchev–Trinajstić information content (AvgIpc) is 2.55. The lowest BCUT2D eigenvalue weighted by Crippen LogP contribution is -2.66. The zero-order valence-corrected chi connectivity index (χ0v) is 15.2. The SMILES string of the molecule is CC(C)(C)[Si](OC/C=C\CO)(c1ccccc1)c1ccccc1. The number of aliphatic hydroxyl groups excluding tert-OH is 1. The fourth-order valence-electron chi connectivity index (χ4n) is 3.08. The maximum absolute atomic E-state index is 8.96. The van der Waals surface area contributed by atoms with Gasteiger partial charge in [0.25, 0.3) is 8.32 Å². The molecule has 2 aromatic rings. The minimum Gasteiger partial charge on any atom is -0.404 e. The van der Waals surface area contributed by atoms with E-state index in [4.69, 9.17) is 9.53 Å². The van der Waals surface area contributed by atoms with Gasteiger partial charge in [0, 0.05) is 0 Å². The molecular weight excluding hydrogens is 300 g/mol. The first kappa shape index (κ1) is 17.7. The predicted octanol–water partition coefficient (Wildman–Crippen LogP) is 3.11. The summed E-state index contributed by atoms with van der Waals surface area (Å²) in [5, 5.41) is 11.5. The third-order valence-corrected chi connectivity index (χ3v) is 9.09. The molecule has 2 rings (SSSR count). The molecule has 0 unspecified atom stereocenters. The molecule has 0 saturated carbocycles. The van der Waals surface area contributed by atoms with Gasteiger partial charge in [0.1, 0.15) is 0 Å². The van der Waals surface area contributed by atoms with Crippen molar-refractivity contribution in [2.24, 2.45) is 0 Å². The normalized spacial score (nSPS) is 12.7. The summed E-state index contributed by atoms with van der Waals surface area (Å²) < 4.78 is 6.61. The maximum Gasteiger partial charge on any atom is 0.261 e. The number of aliphatic hydroxyl groups is 1. The van der Waals surface area contributed by atoms with Crippen LogP contribution in [0.4, 0.5) is 0 Å². The average molecular weight is 327 g/mol. The van der Waals surface area contributed by atoms with Crippen LogP contribution in [0.1, 0.15) is 20.8 Å². The van der Waals surface area contributed by atoms with E-state index in [1.54, 1.807) is 6.08 Å².